The van der Waals surface area contributed by atoms with Crippen molar-refractivity contribution < 1.29 is 28.1 Å². The first-order chi connectivity index (χ1) is 21.7. The second kappa shape index (κ2) is 18.7. The molecule has 3 atom stereocenters. The van der Waals surface area contributed by atoms with Gasteiger partial charge in [0.2, 0.25) is 5.91 Å². The summed E-state index contributed by atoms with van der Waals surface area (Å²) in [6.07, 6.45) is 7.27. The van der Waals surface area contributed by atoms with Crippen molar-refractivity contribution in [1.29, 1.82) is 5.26 Å². The van der Waals surface area contributed by atoms with E-state index in [4.69, 9.17) is 34.9 Å². The van der Waals surface area contributed by atoms with Crippen molar-refractivity contribution in [3.63, 3.8) is 0 Å². The Morgan fingerprint density at radius 1 is 1.00 bits per heavy atom. The molecule has 1 fully saturated rings. The molecule has 0 radical (unpaired) electrons. The molecule has 244 valence electrons. The van der Waals surface area contributed by atoms with E-state index in [1.54, 1.807) is 14.2 Å². The van der Waals surface area contributed by atoms with E-state index in [-0.39, 0.29) is 49.3 Å². The van der Waals surface area contributed by atoms with Crippen LogP contribution in [0.4, 0.5) is 0 Å². The molecule has 1 amide bonds. The molecule has 1 heterocycles. The summed E-state index contributed by atoms with van der Waals surface area (Å²) in [6.45, 7) is 9.47. The van der Waals surface area contributed by atoms with E-state index < -0.39 is 8.53 Å². The smallest absolute Gasteiger partial charge is 0.259 e. The molecular weight excluding hydrogens is 589 g/mol. The van der Waals surface area contributed by atoms with Gasteiger partial charge in [0.15, 0.2) is 0 Å². The molecule has 2 aromatic rings. The van der Waals surface area contributed by atoms with Crippen LogP contribution in [0.3, 0.4) is 0 Å². The van der Waals surface area contributed by atoms with Gasteiger partial charge in [0.1, 0.15) is 17.6 Å². The van der Waals surface area contributed by atoms with Gasteiger partial charge >= 0.3 is 0 Å². The minimum atomic E-state index is -1.45. The fourth-order valence-electron chi connectivity index (χ4n) is 5.47. The Hall–Kier alpha value is -3.17. The van der Waals surface area contributed by atoms with Gasteiger partial charge in [0, 0.05) is 31.5 Å². The minimum Gasteiger partial charge on any atom is -0.497 e. The van der Waals surface area contributed by atoms with Gasteiger partial charge in [-0.2, -0.15) is 5.26 Å². The fraction of sp³-hybridized carbons (Fsp3) is 0.543. The van der Waals surface area contributed by atoms with Gasteiger partial charge in [0.05, 0.1) is 52.1 Å². The maximum Gasteiger partial charge on any atom is 0.259 e. The van der Waals surface area contributed by atoms with Crippen LogP contribution >= 0.6 is 8.53 Å². The molecule has 0 spiro atoms. The highest BCUT2D eigenvalue weighted by Crippen LogP contribution is 2.48. The summed E-state index contributed by atoms with van der Waals surface area (Å²) in [6, 6.07) is 17.9. The molecule has 2 aromatic carbocycles. The van der Waals surface area contributed by atoms with Crippen LogP contribution in [0.15, 0.2) is 48.5 Å². The summed E-state index contributed by atoms with van der Waals surface area (Å²) in [4.78, 5) is 15.4. The zero-order valence-electron chi connectivity index (χ0n) is 27.5. The number of amides is 1. The fourth-order valence-corrected chi connectivity index (χ4v) is 7.18. The highest BCUT2D eigenvalue weighted by Gasteiger charge is 2.39. The second-order valence-electron chi connectivity index (χ2n) is 11.5. The number of benzene rings is 2. The summed E-state index contributed by atoms with van der Waals surface area (Å²) in [5.74, 6) is 4.19. The summed E-state index contributed by atoms with van der Waals surface area (Å²) < 4.78 is 32.4. The van der Waals surface area contributed by atoms with Crippen molar-refractivity contribution in [3.8, 4) is 29.9 Å². The van der Waals surface area contributed by atoms with E-state index in [2.05, 4.69) is 44.4 Å². The maximum absolute atomic E-state index is 13.5. The average molecular weight is 638 g/mol. The molecule has 0 bridgehead atoms. The molecule has 45 heavy (non-hydrogen) atoms. The number of ether oxygens (including phenoxy) is 3. The summed E-state index contributed by atoms with van der Waals surface area (Å²) in [5.41, 5.74) is 1.94. The number of terminal acetylenes is 1. The van der Waals surface area contributed by atoms with Crippen LogP contribution in [0.1, 0.15) is 77.0 Å². The number of methoxy groups -OCH3 is 2. The topological polar surface area (TPSA) is 93.5 Å². The third-order valence-corrected chi connectivity index (χ3v) is 9.78. The first-order valence-electron chi connectivity index (χ1n) is 15.6. The quantitative estimate of drug-likeness (QED) is 0.0993. The van der Waals surface area contributed by atoms with Gasteiger partial charge in [0.25, 0.3) is 8.53 Å². The van der Waals surface area contributed by atoms with Crippen LogP contribution in [-0.4, -0.2) is 73.7 Å². The number of rotatable bonds is 18. The Bertz CT molecular complexity index is 1200. The summed E-state index contributed by atoms with van der Waals surface area (Å²) >= 11 is 0. The van der Waals surface area contributed by atoms with E-state index in [1.807, 2.05) is 53.4 Å². The largest absolute Gasteiger partial charge is 0.497 e. The molecule has 3 rings (SSSR count). The van der Waals surface area contributed by atoms with Crippen molar-refractivity contribution >= 4 is 14.4 Å². The van der Waals surface area contributed by atoms with Gasteiger partial charge in [-0.05, 0) is 75.9 Å². The predicted molar refractivity (Wildman–Crippen MR) is 177 cm³/mol. The normalized spacial score (nSPS) is 17.1. The number of likely N-dealkylation sites (tertiary alicyclic amines) is 1. The molecular formula is C35H48N3O6P. The molecule has 1 aliphatic heterocycles. The van der Waals surface area contributed by atoms with Crippen molar-refractivity contribution in [2.75, 3.05) is 34.0 Å². The highest BCUT2D eigenvalue weighted by atomic mass is 31.2. The molecule has 0 aromatic heterocycles. The lowest BCUT2D eigenvalue weighted by Crippen LogP contribution is -2.39. The molecule has 0 N–H and O–H groups in total. The Kier molecular flexibility index (Phi) is 15.1. The number of carbonyl (C=O) groups excluding carboxylic acids is 1. The maximum atomic E-state index is 13.5. The van der Waals surface area contributed by atoms with Crippen molar-refractivity contribution in [2.45, 2.75) is 90.1 Å². The zero-order chi connectivity index (χ0) is 32.8. The minimum absolute atomic E-state index is 0.0368. The molecule has 0 saturated carbocycles. The van der Waals surface area contributed by atoms with Gasteiger partial charge < -0.3 is 28.2 Å². The molecule has 1 aliphatic rings. The van der Waals surface area contributed by atoms with Crippen LogP contribution in [0, 0.1) is 23.7 Å². The Balaban J connectivity index is 1.85. The van der Waals surface area contributed by atoms with Crippen LogP contribution in [0.25, 0.3) is 0 Å². The molecule has 10 heteroatoms. The number of unbranched alkanes of at least 4 members (excludes halogenated alkanes) is 1. The number of hydrogen-bond donors (Lipinski definition) is 0. The van der Waals surface area contributed by atoms with Crippen LogP contribution in [0.5, 0.6) is 11.5 Å². The molecule has 1 unspecified atom stereocenters. The second-order valence-corrected chi connectivity index (χ2v) is 12.9. The van der Waals surface area contributed by atoms with E-state index in [0.29, 0.717) is 38.8 Å². The van der Waals surface area contributed by atoms with E-state index >= 15 is 0 Å². The zero-order valence-corrected chi connectivity index (χ0v) is 28.4. The Morgan fingerprint density at radius 3 is 2.07 bits per heavy atom. The lowest BCUT2D eigenvalue weighted by molar-refractivity contribution is -0.133. The molecule has 0 aliphatic carbocycles. The van der Waals surface area contributed by atoms with Gasteiger partial charge in [-0.3, -0.25) is 4.79 Å². The molecule has 1 saturated heterocycles. The van der Waals surface area contributed by atoms with E-state index in [9.17, 15) is 4.79 Å². The van der Waals surface area contributed by atoms with Crippen molar-refractivity contribution in [1.82, 2.24) is 9.57 Å². The Labute approximate surface area is 270 Å². The van der Waals surface area contributed by atoms with Crippen LogP contribution < -0.4 is 9.47 Å². The van der Waals surface area contributed by atoms with Gasteiger partial charge in [-0.15, -0.1) is 12.3 Å². The SMILES string of the molecule is C#CCCCC(=O)N1C[C@H](OP(OCCC#N)N(C(C)C)C(C)C)C[C@H]1COC(c1ccc(OC)cc1)c1ccc(OC)cc1. The van der Waals surface area contributed by atoms with E-state index in [1.165, 1.54) is 0 Å². The first-order valence-corrected chi connectivity index (χ1v) is 16.7. The average Bonchev–Trinajstić information content (AvgIpc) is 3.44. The summed E-state index contributed by atoms with van der Waals surface area (Å²) in [7, 11) is 1.84. The third kappa shape index (κ3) is 10.7. The lowest BCUT2D eigenvalue weighted by atomic mass is 10.0. The molecule has 9 nitrogen and oxygen atoms in total. The Morgan fingerprint density at radius 2 is 1.58 bits per heavy atom. The monoisotopic (exact) mass is 637 g/mol. The highest BCUT2D eigenvalue weighted by molar-refractivity contribution is 7.44. The number of carbonyl (C=O) groups is 1. The van der Waals surface area contributed by atoms with Crippen molar-refractivity contribution in [2.24, 2.45) is 0 Å². The number of nitriles is 1. The van der Waals surface area contributed by atoms with E-state index in [0.717, 1.165) is 22.6 Å². The first kappa shape index (κ1) is 36.3. The summed E-state index contributed by atoms with van der Waals surface area (Å²) in [5, 5.41) is 9.10. The lowest BCUT2D eigenvalue weighted by Gasteiger charge is -2.36. The van der Waals surface area contributed by atoms with Gasteiger partial charge in [-0.25, -0.2) is 4.67 Å². The van der Waals surface area contributed by atoms with Crippen molar-refractivity contribution in [3.05, 3.63) is 59.7 Å². The van der Waals surface area contributed by atoms with Gasteiger partial charge in [-0.1, -0.05) is 24.3 Å². The number of nitrogens with zero attached hydrogens (tertiary/aromatic N) is 3. The number of hydrogen-bond acceptors (Lipinski definition) is 8. The standard InChI is InChI=1S/C35H48N3O6P/c1-8-9-10-12-34(39)37-24-33(44-45(43-22-11-21-36)38(26(2)3)27(4)5)23-30(37)25-42-35(28-13-17-31(40-6)18-14-28)29-15-19-32(41-7)20-16-29/h1,13-20,26-27,30,33,35H,9-12,22-25H2,2-7H3/t30-,33+,45?/m0/s1. The predicted octanol–water partition coefficient (Wildman–Crippen LogP) is 6.88. The third-order valence-electron chi connectivity index (χ3n) is 7.60. The van der Waals surface area contributed by atoms with Crippen LogP contribution in [0.2, 0.25) is 0 Å². The van der Waals surface area contributed by atoms with Crippen LogP contribution in [-0.2, 0) is 18.6 Å².